The second kappa shape index (κ2) is 3.35. The molecule has 0 amide bonds. The molecule has 0 aliphatic heterocycles. The second-order valence-electron chi connectivity index (χ2n) is 4.25. The van der Waals surface area contributed by atoms with Crippen molar-refractivity contribution in [3.8, 4) is 0 Å². The number of rotatable bonds is 2. The summed E-state index contributed by atoms with van der Waals surface area (Å²) in [6.45, 7) is 2.09. The van der Waals surface area contributed by atoms with Crippen molar-refractivity contribution >= 4 is 0 Å². The van der Waals surface area contributed by atoms with Crippen LogP contribution in [0.4, 0.5) is 4.39 Å². The van der Waals surface area contributed by atoms with E-state index >= 15 is 0 Å². The number of hydrogen-bond acceptors (Lipinski definition) is 1. The van der Waals surface area contributed by atoms with E-state index in [1.165, 1.54) is 6.07 Å². The van der Waals surface area contributed by atoms with E-state index in [-0.39, 0.29) is 17.8 Å². The molecule has 1 aromatic carbocycles. The minimum Gasteiger partial charge on any atom is -0.395 e. The van der Waals surface area contributed by atoms with Crippen LogP contribution in [0.5, 0.6) is 0 Å². The Labute approximate surface area is 83.6 Å². The standard InChI is InChI=1S/C12H15FO/c1-9-7-10(13)3-4-11(9)12(8-14)5-2-6-12/h3-4,7,14H,2,5-6,8H2,1H3. The van der Waals surface area contributed by atoms with Crippen LogP contribution in [0, 0.1) is 12.7 Å². The molecule has 1 N–H and O–H groups in total. The lowest BCUT2D eigenvalue weighted by atomic mass is 9.64. The molecule has 0 aromatic heterocycles. The lowest BCUT2D eigenvalue weighted by Gasteiger charge is -2.41. The molecule has 0 saturated heterocycles. The van der Waals surface area contributed by atoms with Gasteiger partial charge in [-0.15, -0.1) is 0 Å². The van der Waals surface area contributed by atoms with Gasteiger partial charge in [0.2, 0.25) is 0 Å². The van der Waals surface area contributed by atoms with Gasteiger partial charge in [0.15, 0.2) is 0 Å². The fourth-order valence-corrected chi connectivity index (χ4v) is 2.34. The zero-order valence-corrected chi connectivity index (χ0v) is 8.39. The molecule has 76 valence electrons. The SMILES string of the molecule is Cc1cc(F)ccc1C1(CO)CCC1. The summed E-state index contributed by atoms with van der Waals surface area (Å²) >= 11 is 0. The zero-order chi connectivity index (χ0) is 10.2. The molecule has 0 heterocycles. The molecule has 2 heteroatoms. The van der Waals surface area contributed by atoms with Gasteiger partial charge in [-0.25, -0.2) is 4.39 Å². The van der Waals surface area contributed by atoms with E-state index in [1.807, 2.05) is 13.0 Å². The number of halogens is 1. The highest BCUT2D eigenvalue weighted by molar-refractivity contribution is 5.35. The minimum atomic E-state index is -0.196. The Hall–Kier alpha value is -0.890. The molecule has 0 bridgehead atoms. The highest BCUT2D eigenvalue weighted by Gasteiger charge is 2.38. The van der Waals surface area contributed by atoms with E-state index in [1.54, 1.807) is 6.07 Å². The molecule has 14 heavy (non-hydrogen) atoms. The van der Waals surface area contributed by atoms with Gasteiger partial charge in [-0.3, -0.25) is 0 Å². The maximum atomic E-state index is 12.9. The fourth-order valence-electron chi connectivity index (χ4n) is 2.34. The van der Waals surface area contributed by atoms with Gasteiger partial charge in [-0.1, -0.05) is 12.5 Å². The molecule has 0 spiro atoms. The first kappa shape index (κ1) is 9.66. The van der Waals surface area contributed by atoms with Crippen LogP contribution in [0.1, 0.15) is 30.4 Å². The van der Waals surface area contributed by atoms with Crippen LogP contribution in [0.2, 0.25) is 0 Å². The van der Waals surface area contributed by atoms with Crippen LogP contribution < -0.4 is 0 Å². The van der Waals surface area contributed by atoms with Crippen molar-refractivity contribution in [1.82, 2.24) is 0 Å². The predicted molar refractivity (Wildman–Crippen MR) is 53.8 cm³/mol. The topological polar surface area (TPSA) is 20.2 Å². The largest absolute Gasteiger partial charge is 0.395 e. The first-order valence-electron chi connectivity index (χ1n) is 5.05. The molecular formula is C12H15FO. The van der Waals surface area contributed by atoms with Crippen LogP contribution in [0.25, 0.3) is 0 Å². The van der Waals surface area contributed by atoms with Crippen molar-refractivity contribution in [2.45, 2.75) is 31.6 Å². The number of aliphatic hydroxyl groups excluding tert-OH is 1. The molecule has 1 fully saturated rings. The molecule has 0 atom stereocenters. The van der Waals surface area contributed by atoms with E-state index in [0.717, 1.165) is 30.4 Å². The van der Waals surface area contributed by atoms with Gasteiger partial charge in [0.05, 0.1) is 6.61 Å². The molecule has 1 aliphatic carbocycles. The summed E-state index contributed by atoms with van der Waals surface area (Å²) in [7, 11) is 0. The zero-order valence-electron chi connectivity index (χ0n) is 8.39. The Morgan fingerprint density at radius 1 is 1.43 bits per heavy atom. The minimum absolute atomic E-state index is 0.0716. The molecule has 0 unspecified atom stereocenters. The Bertz CT molecular complexity index is 337. The molecule has 0 radical (unpaired) electrons. The van der Waals surface area contributed by atoms with Gasteiger partial charge in [0.1, 0.15) is 5.82 Å². The number of hydrogen-bond donors (Lipinski definition) is 1. The fraction of sp³-hybridized carbons (Fsp3) is 0.500. The maximum absolute atomic E-state index is 12.9. The van der Waals surface area contributed by atoms with E-state index in [4.69, 9.17) is 0 Å². The molecule has 1 aliphatic rings. The monoisotopic (exact) mass is 194 g/mol. The average molecular weight is 194 g/mol. The number of benzene rings is 1. The van der Waals surface area contributed by atoms with Crippen LogP contribution in [-0.4, -0.2) is 11.7 Å². The summed E-state index contributed by atoms with van der Waals surface area (Å²) in [4.78, 5) is 0. The Kier molecular flexibility index (Phi) is 2.31. The molecule has 1 saturated carbocycles. The lowest BCUT2D eigenvalue weighted by Crippen LogP contribution is -2.38. The number of aliphatic hydroxyl groups is 1. The van der Waals surface area contributed by atoms with Crippen molar-refractivity contribution in [2.24, 2.45) is 0 Å². The summed E-state index contributed by atoms with van der Waals surface area (Å²) in [5.41, 5.74) is 2.00. The lowest BCUT2D eigenvalue weighted by molar-refractivity contribution is 0.119. The van der Waals surface area contributed by atoms with Crippen molar-refractivity contribution in [2.75, 3.05) is 6.61 Å². The van der Waals surface area contributed by atoms with Crippen molar-refractivity contribution in [3.63, 3.8) is 0 Å². The average Bonchev–Trinajstić information content (AvgIpc) is 2.07. The molecular weight excluding hydrogens is 179 g/mol. The third-order valence-electron chi connectivity index (χ3n) is 3.37. The van der Waals surface area contributed by atoms with Crippen LogP contribution in [0.3, 0.4) is 0 Å². The molecule has 1 aromatic rings. The van der Waals surface area contributed by atoms with E-state index in [9.17, 15) is 9.50 Å². The van der Waals surface area contributed by atoms with Crippen molar-refractivity contribution in [3.05, 3.63) is 35.1 Å². The molecule has 2 rings (SSSR count). The molecule has 1 nitrogen and oxygen atoms in total. The normalized spacial score (nSPS) is 19.1. The van der Waals surface area contributed by atoms with Gasteiger partial charge in [0, 0.05) is 5.41 Å². The predicted octanol–water partition coefficient (Wildman–Crippen LogP) is 2.55. The third kappa shape index (κ3) is 1.34. The summed E-state index contributed by atoms with van der Waals surface area (Å²) in [5, 5.41) is 9.39. The van der Waals surface area contributed by atoms with Crippen LogP contribution in [-0.2, 0) is 5.41 Å². The smallest absolute Gasteiger partial charge is 0.123 e. The maximum Gasteiger partial charge on any atom is 0.123 e. The van der Waals surface area contributed by atoms with E-state index in [0.29, 0.717) is 0 Å². The van der Waals surface area contributed by atoms with Gasteiger partial charge < -0.3 is 5.11 Å². The Morgan fingerprint density at radius 3 is 2.57 bits per heavy atom. The number of aryl methyl sites for hydroxylation is 1. The summed E-state index contributed by atoms with van der Waals surface area (Å²) in [6, 6.07) is 4.85. The van der Waals surface area contributed by atoms with Gasteiger partial charge in [-0.2, -0.15) is 0 Å². The van der Waals surface area contributed by atoms with Crippen LogP contribution >= 0.6 is 0 Å². The first-order chi connectivity index (χ1) is 6.68. The third-order valence-corrected chi connectivity index (χ3v) is 3.37. The Morgan fingerprint density at radius 2 is 2.14 bits per heavy atom. The van der Waals surface area contributed by atoms with Gasteiger partial charge >= 0.3 is 0 Å². The summed E-state index contributed by atoms with van der Waals surface area (Å²) < 4.78 is 12.9. The van der Waals surface area contributed by atoms with Gasteiger partial charge in [0.25, 0.3) is 0 Å². The van der Waals surface area contributed by atoms with Crippen LogP contribution in [0.15, 0.2) is 18.2 Å². The quantitative estimate of drug-likeness (QED) is 0.767. The highest BCUT2D eigenvalue weighted by Crippen LogP contribution is 2.44. The summed E-state index contributed by atoms with van der Waals surface area (Å²) in [5.74, 6) is -0.196. The van der Waals surface area contributed by atoms with Crippen molar-refractivity contribution in [1.29, 1.82) is 0 Å². The second-order valence-corrected chi connectivity index (χ2v) is 4.25. The van der Waals surface area contributed by atoms with Gasteiger partial charge in [-0.05, 0) is 43.0 Å². The highest BCUT2D eigenvalue weighted by atomic mass is 19.1. The Balaban J connectivity index is 2.40. The summed E-state index contributed by atoms with van der Waals surface area (Å²) in [6.07, 6.45) is 3.21. The van der Waals surface area contributed by atoms with E-state index < -0.39 is 0 Å². The van der Waals surface area contributed by atoms with E-state index in [2.05, 4.69) is 0 Å². The van der Waals surface area contributed by atoms with Crippen molar-refractivity contribution < 1.29 is 9.50 Å². The first-order valence-corrected chi connectivity index (χ1v) is 5.05.